The van der Waals surface area contributed by atoms with Crippen LogP contribution in [0.1, 0.15) is 39.0 Å². The normalized spacial score (nSPS) is 17.7. The Morgan fingerprint density at radius 1 is 1.40 bits per heavy atom. The third-order valence-electron chi connectivity index (χ3n) is 2.58. The zero-order valence-corrected chi connectivity index (χ0v) is 9.34. The van der Waals surface area contributed by atoms with Gasteiger partial charge in [0.2, 0.25) is 5.89 Å². The van der Waals surface area contributed by atoms with Crippen LogP contribution in [0.3, 0.4) is 0 Å². The number of hydrogen-bond acceptors (Lipinski definition) is 5. The molecule has 1 fully saturated rings. The Morgan fingerprint density at radius 2 is 2.20 bits per heavy atom. The highest BCUT2D eigenvalue weighted by Gasteiger charge is 2.38. The van der Waals surface area contributed by atoms with Gasteiger partial charge < -0.3 is 15.1 Å². The van der Waals surface area contributed by atoms with Crippen molar-refractivity contribution in [3.63, 3.8) is 0 Å². The number of nitrogens with one attached hydrogen (secondary N) is 2. The van der Waals surface area contributed by atoms with Crippen molar-refractivity contribution in [1.29, 1.82) is 0 Å². The van der Waals surface area contributed by atoms with Gasteiger partial charge in [0.25, 0.3) is 0 Å². The van der Waals surface area contributed by atoms with Crippen molar-refractivity contribution in [2.45, 2.75) is 45.2 Å². The maximum absolute atomic E-state index is 5.45. The van der Waals surface area contributed by atoms with Gasteiger partial charge in [0.05, 0.1) is 6.54 Å². The Morgan fingerprint density at radius 3 is 2.87 bits per heavy atom. The van der Waals surface area contributed by atoms with Gasteiger partial charge in [0, 0.05) is 5.54 Å². The molecule has 1 aromatic heterocycles. The van der Waals surface area contributed by atoms with E-state index in [0.29, 0.717) is 18.5 Å². The van der Waals surface area contributed by atoms with Crippen LogP contribution in [0.15, 0.2) is 4.42 Å². The molecule has 84 valence electrons. The number of aromatic nitrogens is 2. The molecule has 2 rings (SSSR count). The van der Waals surface area contributed by atoms with Crippen molar-refractivity contribution in [2.75, 3.05) is 11.9 Å². The SMILES string of the molecule is CCCNCc1nnc(NC2(C)CC2)o1. The highest BCUT2D eigenvalue weighted by Crippen LogP contribution is 2.37. The maximum Gasteiger partial charge on any atom is 0.315 e. The van der Waals surface area contributed by atoms with Crippen molar-refractivity contribution in [2.24, 2.45) is 0 Å². The summed E-state index contributed by atoms with van der Waals surface area (Å²) in [5, 5.41) is 14.4. The predicted molar refractivity (Wildman–Crippen MR) is 57.6 cm³/mol. The Labute approximate surface area is 89.6 Å². The van der Waals surface area contributed by atoms with Crippen LogP contribution in [-0.2, 0) is 6.54 Å². The summed E-state index contributed by atoms with van der Waals surface area (Å²) in [5.74, 6) is 0.648. The Balaban J connectivity index is 1.81. The minimum atomic E-state index is 0.195. The molecule has 1 heterocycles. The fraction of sp³-hybridized carbons (Fsp3) is 0.800. The average Bonchev–Trinajstić information content (AvgIpc) is 2.76. The molecule has 1 aliphatic carbocycles. The monoisotopic (exact) mass is 210 g/mol. The Hall–Kier alpha value is -1.10. The molecule has 1 saturated carbocycles. The van der Waals surface area contributed by atoms with Crippen LogP contribution in [0.4, 0.5) is 6.01 Å². The van der Waals surface area contributed by atoms with E-state index in [1.165, 1.54) is 12.8 Å². The summed E-state index contributed by atoms with van der Waals surface area (Å²) in [6.07, 6.45) is 3.47. The molecule has 0 amide bonds. The second-order valence-electron chi connectivity index (χ2n) is 4.36. The van der Waals surface area contributed by atoms with E-state index in [1.54, 1.807) is 0 Å². The second-order valence-corrected chi connectivity index (χ2v) is 4.36. The molecule has 0 bridgehead atoms. The van der Waals surface area contributed by atoms with Gasteiger partial charge in [0.1, 0.15) is 0 Å². The first-order valence-corrected chi connectivity index (χ1v) is 5.53. The summed E-state index contributed by atoms with van der Waals surface area (Å²) in [5.41, 5.74) is 0.195. The van der Waals surface area contributed by atoms with E-state index in [2.05, 4.69) is 34.7 Å². The molecule has 0 aliphatic heterocycles. The van der Waals surface area contributed by atoms with Crippen molar-refractivity contribution in [3.8, 4) is 0 Å². The standard InChI is InChI=1S/C10H18N4O/c1-3-6-11-7-8-13-14-9(15-8)12-10(2)4-5-10/h11H,3-7H2,1-2H3,(H,12,14). The fourth-order valence-corrected chi connectivity index (χ4v) is 1.32. The molecule has 5 heteroatoms. The summed E-state index contributed by atoms with van der Waals surface area (Å²) < 4.78 is 5.45. The molecule has 1 aliphatic rings. The lowest BCUT2D eigenvalue weighted by Crippen LogP contribution is -2.16. The minimum Gasteiger partial charge on any atom is -0.407 e. The van der Waals surface area contributed by atoms with E-state index in [-0.39, 0.29) is 5.54 Å². The first kappa shape index (κ1) is 10.4. The lowest BCUT2D eigenvalue weighted by atomic mass is 10.3. The molecule has 0 spiro atoms. The van der Waals surface area contributed by atoms with Crippen molar-refractivity contribution in [3.05, 3.63) is 5.89 Å². The number of rotatable bonds is 6. The van der Waals surface area contributed by atoms with Gasteiger partial charge in [-0.15, -0.1) is 5.10 Å². The largest absolute Gasteiger partial charge is 0.407 e. The van der Waals surface area contributed by atoms with Crippen LogP contribution < -0.4 is 10.6 Å². The zero-order chi connectivity index (χ0) is 10.7. The zero-order valence-electron chi connectivity index (χ0n) is 9.34. The van der Waals surface area contributed by atoms with Crippen LogP contribution in [0.2, 0.25) is 0 Å². The van der Waals surface area contributed by atoms with Gasteiger partial charge in [0.15, 0.2) is 0 Å². The smallest absolute Gasteiger partial charge is 0.315 e. The van der Waals surface area contributed by atoms with Gasteiger partial charge in [-0.1, -0.05) is 12.0 Å². The number of hydrogen-bond donors (Lipinski definition) is 2. The van der Waals surface area contributed by atoms with Gasteiger partial charge in [-0.25, -0.2) is 0 Å². The Kier molecular flexibility index (Phi) is 2.90. The molecule has 2 N–H and O–H groups in total. The van der Waals surface area contributed by atoms with Gasteiger partial charge in [-0.2, -0.15) is 0 Å². The molecular weight excluding hydrogens is 192 g/mol. The predicted octanol–water partition coefficient (Wildman–Crippen LogP) is 1.53. The maximum atomic E-state index is 5.45. The molecule has 0 radical (unpaired) electrons. The first-order chi connectivity index (χ1) is 7.22. The second kappa shape index (κ2) is 4.18. The van der Waals surface area contributed by atoms with Gasteiger partial charge >= 0.3 is 6.01 Å². The topological polar surface area (TPSA) is 63.0 Å². The summed E-state index contributed by atoms with van der Waals surface area (Å²) >= 11 is 0. The van der Waals surface area contributed by atoms with Crippen molar-refractivity contribution >= 4 is 6.01 Å². The number of nitrogens with zero attached hydrogens (tertiary/aromatic N) is 2. The van der Waals surface area contributed by atoms with E-state index in [4.69, 9.17) is 4.42 Å². The summed E-state index contributed by atoms with van der Waals surface area (Å²) in [4.78, 5) is 0. The quantitative estimate of drug-likeness (QED) is 0.697. The molecule has 1 aromatic rings. The molecule has 15 heavy (non-hydrogen) atoms. The minimum absolute atomic E-state index is 0.195. The van der Waals surface area contributed by atoms with E-state index < -0.39 is 0 Å². The summed E-state index contributed by atoms with van der Waals surface area (Å²) in [7, 11) is 0. The van der Waals surface area contributed by atoms with E-state index in [0.717, 1.165) is 13.0 Å². The fourth-order valence-electron chi connectivity index (χ4n) is 1.32. The lowest BCUT2D eigenvalue weighted by Gasteiger charge is -2.06. The molecule has 0 aromatic carbocycles. The average molecular weight is 210 g/mol. The lowest BCUT2D eigenvalue weighted by molar-refractivity contribution is 0.473. The van der Waals surface area contributed by atoms with Crippen LogP contribution in [0.25, 0.3) is 0 Å². The Bertz CT molecular complexity index is 319. The van der Waals surface area contributed by atoms with Crippen LogP contribution in [0, 0.1) is 0 Å². The van der Waals surface area contributed by atoms with Crippen LogP contribution in [-0.4, -0.2) is 22.3 Å². The third kappa shape index (κ3) is 2.92. The van der Waals surface area contributed by atoms with Gasteiger partial charge in [-0.05, 0) is 32.7 Å². The van der Waals surface area contributed by atoms with Crippen LogP contribution in [0.5, 0.6) is 0 Å². The van der Waals surface area contributed by atoms with Crippen molar-refractivity contribution < 1.29 is 4.42 Å². The third-order valence-corrected chi connectivity index (χ3v) is 2.58. The molecular formula is C10H18N4O. The highest BCUT2D eigenvalue weighted by molar-refractivity contribution is 5.28. The highest BCUT2D eigenvalue weighted by atomic mass is 16.4. The summed E-state index contributed by atoms with van der Waals surface area (Å²) in [6, 6.07) is 0.545. The molecule has 0 atom stereocenters. The summed E-state index contributed by atoms with van der Waals surface area (Å²) in [6.45, 7) is 5.91. The van der Waals surface area contributed by atoms with E-state index in [9.17, 15) is 0 Å². The number of anilines is 1. The van der Waals surface area contributed by atoms with E-state index >= 15 is 0 Å². The van der Waals surface area contributed by atoms with E-state index in [1.807, 2.05) is 0 Å². The first-order valence-electron chi connectivity index (χ1n) is 5.53. The molecule has 0 saturated heterocycles. The molecule has 0 unspecified atom stereocenters. The van der Waals surface area contributed by atoms with Crippen LogP contribution >= 0.6 is 0 Å². The van der Waals surface area contributed by atoms with Crippen molar-refractivity contribution in [1.82, 2.24) is 15.5 Å². The molecule has 5 nitrogen and oxygen atoms in total. The van der Waals surface area contributed by atoms with Gasteiger partial charge in [-0.3, -0.25) is 0 Å².